The largest absolute Gasteiger partial charge is 0.356 e. The molecule has 3 N–H and O–H groups in total. The first-order valence-corrected chi connectivity index (χ1v) is 7.46. The zero-order chi connectivity index (χ0) is 13.4. The molecule has 0 aliphatic heterocycles. The molecule has 0 aliphatic carbocycles. The minimum Gasteiger partial charge on any atom is -0.356 e. The van der Waals surface area contributed by atoms with Gasteiger partial charge >= 0.3 is 0 Å². The van der Waals surface area contributed by atoms with E-state index in [1.165, 1.54) is 5.56 Å². The Labute approximate surface area is 114 Å². The second-order valence-electron chi connectivity index (χ2n) is 5.43. The van der Waals surface area contributed by atoms with Crippen LogP contribution in [0.15, 0.2) is 16.8 Å². The molecule has 1 rings (SSSR count). The van der Waals surface area contributed by atoms with Crippen molar-refractivity contribution in [3.63, 3.8) is 0 Å². The van der Waals surface area contributed by atoms with Crippen LogP contribution in [-0.4, -0.2) is 19.0 Å². The van der Waals surface area contributed by atoms with Gasteiger partial charge in [-0.3, -0.25) is 4.79 Å². The van der Waals surface area contributed by atoms with Crippen LogP contribution in [0.1, 0.15) is 38.7 Å². The molecule has 1 aromatic rings. The third-order valence-electron chi connectivity index (χ3n) is 3.17. The third-order valence-corrected chi connectivity index (χ3v) is 3.90. The maximum atomic E-state index is 11.7. The lowest BCUT2D eigenvalue weighted by molar-refractivity contribution is -0.121. The number of amides is 1. The van der Waals surface area contributed by atoms with Crippen molar-refractivity contribution in [3.05, 3.63) is 22.4 Å². The van der Waals surface area contributed by atoms with Crippen molar-refractivity contribution in [3.8, 4) is 0 Å². The Hall–Kier alpha value is -0.870. The standard InChI is InChI=1S/C14H24N2OS/c1-14(2,7-8-15)6-3-13(17)16-9-4-12-5-10-18-11-12/h5,10-11H,3-4,6-9,15H2,1-2H3,(H,16,17). The quantitative estimate of drug-likeness (QED) is 0.761. The fourth-order valence-corrected chi connectivity index (χ4v) is 2.54. The molecule has 0 fully saturated rings. The lowest BCUT2D eigenvalue weighted by Gasteiger charge is -2.23. The zero-order valence-corrected chi connectivity index (χ0v) is 12.2. The van der Waals surface area contributed by atoms with Crippen LogP contribution < -0.4 is 11.1 Å². The summed E-state index contributed by atoms with van der Waals surface area (Å²) in [6, 6.07) is 2.10. The molecule has 0 unspecified atom stereocenters. The smallest absolute Gasteiger partial charge is 0.220 e. The molecule has 0 radical (unpaired) electrons. The highest BCUT2D eigenvalue weighted by molar-refractivity contribution is 7.07. The molecule has 4 heteroatoms. The van der Waals surface area contributed by atoms with Crippen LogP contribution in [-0.2, 0) is 11.2 Å². The van der Waals surface area contributed by atoms with Gasteiger partial charge in [-0.15, -0.1) is 0 Å². The van der Waals surface area contributed by atoms with Crippen molar-refractivity contribution < 1.29 is 4.79 Å². The van der Waals surface area contributed by atoms with Gasteiger partial charge in [0.15, 0.2) is 0 Å². The first-order valence-electron chi connectivity index (χ1n) is 6.51. The van der Waals surface area contributed by atoms with Crippen molar-refractivity contribution in [2.75, 3.05) is 13.1 Å². The molecule has 102 valence electrons. The molecule has 0 spiro atoms. The number of nitrogens with one attached hydrogen (secondary N) is 1. The molecule has 0 saturated heterocycles. The van der Waals surface area contributed by atoms with E-state index in [-0.39, 0.29) is 11.3 Å². The number of carbonyl (C=O) groups excluding carboxylic acids is 1. The molecular formula is C14H24N2OS. The lowest BCUT2D eigenvalue weighted by Crippen LogP contribution is -2.27. The van der Waals surface area contributed by atoms with Gasteiger partial charge in [0.1, 0.15) is 0 Å². The molecule has 1 aromatic heterocycles. The maximum Gasteiger partial charge on any atom is 0.220 e. The zero-order valence-electron chi connectivity index (χ0n) is 11.4. The van der Waals surface area contributed by atoms with Gasteiger partial charge in [-0.1, -0.05) is 13.8 Å². The highest BCUT2D eigenvalue weighted by atomic mass is 32.1. The van der Waals surface area contributed by atoms with Gasteiger partial charge in [0.25, 0.3) is 0 Å². The molecule has 0 aromatic carbocycles. The molecule has 0 aliphatic rings. The second-order valence-corrected chi connectivity index (χ2v) is 6.21. The molecule has 0 saturated carbocycles. The van der Waals surface area contributed by atoms with Gasteiger partial charge in [0, 0.05) is 13.0 Å². The first kappa shape index (κ1) is 15.2. The van der Waals surface area contributed by atoms with Gasteiger partial charge < -0.3 is 11.1 Å². The van der Waals surface area contributed by atoms with Gasteiger partial charge in [-0.2, -0.15) is 11.3 Å². The van der Waals surface area contributed by atoms with Crippen LogP contribution in [0, 0.1) is 5.41 Å². The highest BCUT2D eigenvalue weighted by Gasteiger charge is 2.17. The van der Waals surface area contributed by atoms with Crippen molar-refractivity contribution in [2.45, 2.75) is 39.5 Å². The van der Waals surface area contributed by atoms with E-state index in [0.717, 1.165) is 25.8 Å². The molecule has 3 nitrogen and oxygen atoms in total. The minimum absolute atomic E-state index is 0.148. The van der Waals surface area contributed by atoms with Crippen molar-refractivity contribution in [1.29, 1.82) is 0 Å². The summed E-state index contributed by atoms with van der Waals surface area (Å²) in [7, 11) is 0. The van der Waals surface area contributed by atoms with Crippen molar-refractivity contribution in [1.82, 2.24) is 5.32 Å². The van der Waals surface area contributed by atoms with E-state index in [1.54, 1.807) is 11.3 Å². The summed E-state index contributed by atoms with van der Waals surface area (Å²) in [6.07, 6.45) is 3.38. The van der Waals surface area contributed by atoms with Crippen LogP contribution in [0.2, 0.25) is 0 Å². The Morgan fingerprint density at radius 2 is 2.22 bits per heavy atom. The average Bonchev–Trinajstić information content (AvgIpc) is 2.79. The normalized spacial score (nSPS) is 11.5. The number of carbonyl (C=O) groups is 1. The first-order chi connectivity index (χ1) is 8.53. The topological polar surface area (TPSA) is 55.1 Å². The summed E-state index contributed by atoms with van der Waals surface area (Å²) in [5.41, 5.74) is 7.02. The van der Waals surface area contributed by atoms with Crippen LogP contribution in [0.3, 0.4) is 0 Å². The Balaban J connectivity index is 2.14. The van der Waals surface area contributed by atoms with Gasteiger partial charge in [0.2, 0.25) is 5.91 Å². The highest BCUT2D eigenvalue weighted by Crippen LogP contribution is 2.25. The predicted molar refractivity (Wildman–Crippen MR) is 77.7 cm³/mol. The van der Waals surface area contributed by atoms with E-state index in [9.17, 15) is 4.79 Å². The van der Waals surface area contributed by atoms with E-state index in [4.69, 9.17) is 5.73 Å². The third kappa shape index (κ3) is 6.17. The van der Waals surface area contributed by atoms with Crippen LogP contribution in [0.25, 0.3) is 0 Å². The van der Waals surface area contributed by atoms with Crippen molar-refractivity contribution >= 4 is 17.2 Å². The summed E-state index contributed by atoms with van der Waals surface area (Å²) in [4.78, 5) is 11.7. The molecular weight excluding hydrogens is 244 g/mol. The molecule has 1 heterocycles. The van der Waals surface area contributed by atoms with Gasteiger partial charge in [-0.05, 0) is 53.6 Å². The summed E-state index contributed by atoms with van der Waals surface area (Å²) >= 11 is 1.69. The van der Waals surface area contributed by atoms with Crippen LogP contribution >= 0.6 is 11.3 Å². The fourth-order valence-electron chi connectivity index (χ4n) is 1.84. The Morgan fingerprint density at radius 1 is 1.44 bits per heavy atom. The Morgan fingerprint density at radius 3 is 2.83 bits per heavy atom. The summed E-state index contributed by atoms with van der Waals surface area (Å²) in [5.74, 6) is 0.148. The average molecular weight is 268 g/mol. The minimum atomic E-state index is 0.148. The lowest BCUT2D eigenvalue weighted by atomic mass is 9.84. The van der Waals surface area contributed by atoms with Gasteiger partial charge in [0.05, 0.1) is 0 Å². The van der Waals surface area contributed by atoms with Crippen molar-refractivity contribution in [2.24, 2.45) is 11.1 Å². The van der Waals surface area contributed by atoms with Crippen LogP contribution in [0.5, 0.6) is 0 Å². The molecule has 0 bridgehead atoms. The number of rotatable bonds is 8. The predicted octanol–water partition coefficient (Wildman–Crippen LogP) is 2.56. The number of thiophene rings is 1. The summed E-state index contributed by atoms with van der Waals surface area (Å²) in [5, 5.41) is 7.15. The summed E-state index contributed by atoms with van der Waals surface area (Å²) < 4.78 is 0. The second kappa shape index (κ2) is 7.54. The molecule has 0 atom stereocenters. The monoisotopic (exact) mass is 268 g/mol. The molecule has 18 heavy (non-hydrogen) atoms. The molecule has 1 amide bonds. The van der Waals surface area contributed by atoms with E-state index in [0.29, 0.717) is 13.0 Å². The Bertz CT molecular complexity index is 347. The Kier molecular flexibility index (Phi) is 6.36. The fraction of sp³-hybridized carbons (Fsp3) is 0.643. The number of nitrogens with two attached hydrogens (primary N) is 1. The SMILES string of the molecule is CC(C)(CCN)CCC(=O)NCCc1ccsc1. The van der Waals surface area contributed by atoms with E-state index < -0.39 is 0 Å². The van der Waals surface area contributed by atoms with Crippen LogP contribution in [0.4, 0.5) is 0 Å². The van der Waals surface area contributed by atoms with Gasteiger partial charge in [-0.25, -0.2) is 0 Å². The number of hydrogen-bond acceptors (Lipinski definition) is 3. The van der Waals surface area contributed by atoms with E-state index in [2.05, 4.69) is 36.0 Å². The maximum absolute atomic E-state index is 11.7. The van der Waals surface area contributed by atoms with E-state index >= 15 is 0 Å². The number of hydrogen-bond donors (Lipinski definition) is 2. The van der Waals surface area contributed by atoms with E-state index in [1.807, 2.05) is 0 Å². The summed E-state index contributed by atoms with van der Waals surface area (Å²) in [6.45, 7) is 5.75.